The minimum atomic E-state index is 0. The van der Waals surface area contributed by atoms with Crippen molar-refractivity contribution < 1.29 is 5.11 Å². The maximum absolute atomic E-state index is 9.34. The highest BCUT2D eigenvalue weighted by atomic mass is 127. The van der Waals surface area contributed by atoms with Crippen molar-refractivity contribution >= 4 is 41.3 Å². The summed E-state index contributed by atoms with van der Waals surface area (Å²) in [5.74, 6) is 1.97. The van der Waals surface area contributed by atoms with Crippen LogP contribution >= 0.6 is 35.3 Å². The number of aliphatic hydroxyl groups excluding tert-OH is 1. The second-order valence-electron chi connectivity index (χ2n) is 7.88. The monoisotopic (exact) mass is 522 g/mol. The first-order valence-electron chi connectivity index (χ1n) is 10.5. The van der Waals surface area contributed by atoms with Gasteiger partial charge in [0, 0.05) is 31.1 Å². The number of aliphatic hydroxyl groups is 1. The highest BCUT2D eigenvalue weighted by molar-refractivity contribution is 14.0. The first kappa shape index (κ1) is 25.7. The molecule has 0 bridgehead atoms. The third-order valence-corrected chi connectivity index (χ3v) is 6.08. The van der Waals surface area contributed by atoms with Gasteiger partial charge < -0.3 is 15.7 Å². The van der Waals surface area contributed by atoms with Crippen molar-refractivity contribution in [1.82, 2.24) is 15.5 Å². The molecule has 1 aromatic rings. The van der Waals surface area contributed by atoms with Gasteiger partial charge in [0.2, 0.25) is 0 Å². The highest BCUT2D eigenvalue weighted by Gasteiger charge is 2.24. The molecule has 0 amide bonds. The number of thiophene rings is 1. The number of hydrogen-bond acceptors (Lipinski definition) is 4. The van der Waals surface area contributed by atoms with Gasteiger partial charge in [-0.15, -0.1) is 35.3 Å². The lowest BCUT2D eigenvalue weighted by Gasteiger charge is -2.27. The Morgan fingerprint density at radius 3 is 2.61 bits per heavy atom. The van der Waals surface area contributed by atoms with E-state index in [9.17, 15) is 5.11 Å². The van der Waals surface area contributed by atoms with Crippen molar-refractivity contribution in [3.63, 3.8) is 0 Å². The van der Waals surface area contributed by atoms with Crippen LogP contribution in [0.25, 0.3) is 0 Å². The molecule has 0 spiro atoms. The predicted molar refractivity (Wildman–Crippen MR) is 132 cm³/mol. The van der Waals surface area contributed by atoms with Crippen molar-refractivity contribution in [2.45, 2.75) is 52.5 Å². The predicted octanol–water partition coefficient (Wildman–Crippen LogP) is 4.10. The van der Waals surface area contributed by atoms with E-state index in [2.05, 4.69) is 53.8 Å². The number of halogens is 1. The molecule has 1 fully saturated rings. The van der Waals surface area contributed by atoms with Crippen molar-refractivity contribution in [3.05, 3.63) is 22.4 Å². The number of nitrogens with one attached hydrogen (secondary N) is 2. The van der Waals surface area contributed by atoms with Crippen LogP contribution in [0.5, 0.6) is 0 Å². The molecule has 162 valence electrons. The van der Waals surface area contributed by atoms with E-state index in [1.807, 2.05) is 11.3 Å². The zero-order valence-corrected chi connectivity index (χ0v) is 20.8. The maximum Gasteiger partial charge on any atom is 0.191 e. The lowest BCUT2D eigenvalue weighted by Crippen LogP contribution is -2.42. The Kier molecular flexibility index (Phi) is 13.4. The quantitative estimate of drug-likeness (QED) is 0.233. The first-order valence-corrected chi connectivity index (χ1v) is 11.4. The molecule has 2 rings (SSSR count). The first-order chi connectivity index (χ1) is 13.1. The summed E-state index contributed by atoms with van der Waals surface area (Å²) in [6.07, 6.45) is 4.53. The van der Waals surface area contributed by atoms with Crippen molar-refractivity contribution in [1.29, 1.82) is 0 Å². The Hall–Kier alpha value is -0.380. The molecule has 1 aliphatic heterocycles. The minimum absolute atomic E-state index is 0. The minimum Gasteiger partial charge on any atom is -0.396 e. The van der Waals surface area contributed by atoms with Gasteiger partial charge in [-0.2, -0.15) is 0 Å². The van der Waals surface area contributed by atoms with Crippen molar-refractivity contribution in [3.8, 4) is 0 Å². The van der Waals surface area contributed by atoms with E-state index in [0.717, 1.165) is 38.4 Å². The molecule has 1 aromatic heterocycles. The van der Waals surface area contributed by atoms with Crippen LogP contribution in [0.4, 0.5) is 0 Å². The Labute approximate surface area is 192 Å². The van der Waals surface area contributed by atoms with Gasteiger partial charge in [0.05, 0.1) is 6.04 Å². The second-order valence-corrected chi connectivity index (χ2v) is 8.86. The average molecular weight is 523 g/mol. The van der Waals surface area contributed by atoms with Crippen LogP contribution in [0.15, 0.2) is 22.5 Å². The van der Waals surface area contributed by atoms with Crippen LogP contribution < -0.4 is 10.6 Å². The molecule has 2 heterocycles. The van der Waals surface area contributed by atoms with Crippen molar-refractivity contribution in [2.24, 2.45) is 16.8 Å². The molecule has 1 saturated heterocycles. The Morgan fingerprint density at radius 1 is 1.29 bits per heavy atom. The largest absolute Gasteiger partial charge is 0.396 e. The normalized spacial score (nSPS) is 17.4. The Balaban J connectivity index is 0.00000392. The van der Waals surface area contributed by atoms with E-state index in [4.69, 9.17) is 4.99 Å². The van der Waals surface area contributed by atoms with Gasteiger partial charge in [0.1, 0.15) is 0 Å². The summed E-state index contributed by atoms with van der Waals surface area (Å²) >= 11 is 1.84. The fourth-order valence-corrected chi connectivity index (χ4v) is 4.69. The molecule has 7 heteroatoms. The summed E-state index contributed by atoms with van der Waals surface area (Å²) in [5, 5.41) is 18.5. The number of aliphatic imine (C=N–C) groups is 1. The number of nitrogens with zero attached hydrogens (tertiary/aromatic N) is 2. The molecule has 0 aromatic carbocycles. The van der Waals surface area contributed by atoms with Crippen molar-refractivity contribution in [2.75, 3.05) is 39.3 Å². The van der Waals surface area contributed by atoms with E-state index in [1.165, 1.54) is 30.8 Å². The molecular formula is C21H39IN4OS. The molecule has 28 heavy (non-hydrogen) atoms. The van der Waals surface area contributed by atoms with Gasteiger partial charge in [-0.1, -0.05) is 19.9 Å². The standard InChI is InChI=1S/C21H38N4OS.HI/c1-4-22-21(23-15-18(9-12-26)14-17(2)3)24-16-19(20-8-7-13-27-20)25-10-5-6-11-25;/h7-8,13,17-19,26H,4-6,9-12,14-16H2,1-3H3,(H2,22,23,24);1H. The molecule has 0 saturated carbocycles. The van der Waals surface area contributed by atoms with Crippen LogP contribution in [0.3, 0.4) is 0 Å². The summed E-state index contributed by atoms with van der Waals surface area (Å²) in [6.45, 7) is 11.7. The van der Waals surface area contributed by atoms with Gasteiger partial charge in [-0.3, -0.25) is 9.89 Å². The van der Waals surface area contributed by atoms with E-state index in [0.29, 0.717) is 17.9 Å². The van der Waals surface area contributed by atoms with E-state index in [-0.39, 0.29) is 30.6 Å². The smallest absolute Gasteiger partial charge is 0.191 e. The van der Waals surface area contributed by atoms with Gasteiger partial charge >= 0.3 is 0 Å². The van der Waals surface area contributed by atoms with Crippen LogP contribution in [-0.2, 0) is 0 Å². The lowest BCUT2D eigenvalue weighted by atomic mass is 9.94. The number of likely N-dealkylation sites (tertiary alicyclic amines) is 1. The summed E-state index contributed by atoms with van der Waals surface area (Å²) in [5.41, 5.74) is 0. The fraction of sp³-hybridized carbons (Fsp3) is 0.762. The zero-order chi connectivity index (χ0) is 19.5. The summed E-state index contributed by atoms with van der Waals surface area (Å²) in [7, 11) is 0. The van der Waals surface area contributed by atoms with E-state index in [1.54, 1.807) is 0 Å². The van der Waals surface area contributed by atoms with E-state index >= 15 is 0 Å². The van der Waals surface area contributed by atoms with Crippen LogP contribution in [0.1, 0.15) is 57.4 Å². The average Bonchev–Trinajstić information content (AvgIpc) is 3.33. The molecule has 2 unspecified atom stereocenters. The Bertz CT molecular complexity index is 533. The van der Waals surface area contributed by atoms with Gasteiger partial charge in [-0.05, 0) is 69.0 Å². The molecule has 5 nitrogen and oxygen atoms in total. The number of hydrogen-bond donors (Lipinski definition) is 3. The lowest BCUT2D eigenvalue weighted by molar-refractivity contribution is 0.245. The number of rotatable bonds is 11. The zero-order valence-electron chi connectivity index (χ0n) is 17.7. The Morgan fingerprint density at radius 2 is 2.04 bits per heavy atom. The van der Waals surface area contributed by atoms with Crippen LogP contribution in [0.2, 0.25) is 0 Å². The van der Waals surface area contributed by atoms with Gasteiger partial charge in [0.25, 0.3) is 0 Å². The second kappa shape index (κ2) is 14.6. The van der Waals surface area contributed by atoms with Crippen LogP contribution in [0, 0.1) is 11.8 Å². The molecule has 3 N–H and O–H groups in total. The molecule has 1 aliphatic rings. The SMILES string of the molecule is CCNC(=NCC(CCO)CC(C)C)NCC(c1cccs1)N1CCCC1.I. The third-order valence-electron chi connectivity index (χ3n) is 5.11. The third kappa shape index (κ3) is 8.97. The van der Waals surface area contributed by atoms with E-state index < -0.39 is 0 Å². The summed E-state index contributed by atoms with van der Waals surface area (Å²) in [4.78, 5) is 8.86. The van der Waals surface area contributed by atoms with Gasteiger partial charge in [0.15, 0.2) is 5.96 Å². The molecule has 2 atom stereocenters. The highest BCUT2D eigenvalue weighted by Crippen LogP contribution is 2.27. The van der Waals surface area contributed by atoms with Gasteiger partial charge in [-0.25, -0.2) is 0 Å². The molecule has 0 radical (unpaired) electrons. The topological polar surface area (TPSA) is 59.9 Å². The van der Waals surface area contributed by atoms with Crippen LogP contribution in [-0.4, -0.2) is 55.3 Å². The summed E-state index contributed by atoms with van der Waals surface area (Å²) < 4.78 is 0. The summed E-state index contributed by atoms with van der Waals surface area (Å²) in [6, 6.07) is 4.81. The fourth-order valence-electron chi connectivity index (χ4n) is 3.83. The number of guanidine groups is 1. The molecule has 0 aliphatic carbocycles. The molecular weight excluding hydrogens is 483 g/mol. The maximum atomic E-state index is 9.34.